The molecule has 3 N–H and O–H groups in total. The molecule has 5 heteroatoms. The molecule has 0 spiro atoms. The second-order valence-electron chi connectivity index (χ2n) is 3.66. The van der Waals surface area contributed by atoms with E-state index in [9.17, 15) is 4.79 Å². The van der Waals surface area contributed by atoms with Crippen LogP contribution in [0.1, 0.15) is 19.7 Å². The Morgan fingerprint density at radius 1 is 1.53 bits per heavy atom. The zero-order valence-electron chi connectivity index (χ0n) is 9.21. The van der Waals surface area contributed by atoms with E-state index in [1.54, 1.807) is 12.4 Å². The zero-order chi connectivity index (χ0) is 11.1. The van der Waals surface area contributed by atoms with Crippen molar-refractivity contribution in [3.8, 4) is 0 Å². The van der Waals surface area contributed by atoms with E-state index in [0.717, 1.165) is 12.4 Å². The van der Waals surface area contributed by atoms with Crippen LogP contribution in [0.5, 0.6) is 0 Å². The van der Waals surface area contributed by atoms with Gasteiger partial charge in [-0.2, -0.15) is 0 Å². The first-order chi connectivity index (χ1) is 7.20. The molecular weight excluding hydrogens is 192 g/mol. The van der Waals surface area contributed by atoms with Crippen LogP contribution in [-0.2, 0) is 11.3 Å². The van der Waals surface area contributed by atoms with E-state index in [4.69, 9.17) is 0 Å². The summed E-state index contributed by atoms with van der Waals surface area (Å²) >= 11 is 0. The molecule has 0 radical (unpaired) electrons. The summed E-state index contributed by atoms with van der Waals surface area (Å²) in [5.74, 6) is 1.05. The minimum atomic E-state index is 0.0510. The van der Waals surface area contributed by atoms with Gasteiger partial charge >= 0.3 is 0 Å². The SMILES string of the molecule is CC(C)C(=O)NCCNCc1ncc[nH]1. The maximum atomic E-state index is 11.2. The number of hydrogen-bond donors (Lipinski definition) is 3. The molecule has 0 bridgehead atoms. The molecule has 0 aliphatic carbocycles. The molecule has 0 saturated carbocycles. The molecular formula is C10H18N4O. The van der Waals surface area contributed by atoms with E-state index in [0.29, 0.717) is 13.1 Å². The topological polar surface area (TPSA) is 69.8 Å². The van der Waals surface area contributed by atoms with Gasteiger partial charge in [-0.1, -0.05) is 13.8 Å². The van der Waals surface area contributed by atoms with Crippen molar-refractivity contribution in [3.63, 3.8) is 0 Å². The number of nitrogens with zero attached hydrogens (tertiary/aromatic N) is 1. The Labute approximate surface area is 89.7 Å². The number of amides is 1. The molecule has 0 atom stereocenters. The Balaban J connectivity index is 2.00. The van der Waals surface area contributed by atoms with E-state index < -0.39 is 0 Å². The Hall–Kier alpha value is -1.36. The van der Waals surface area contributed by atoms with Crippen LogP contribution < -0.4 is 10.6 Å². The van der Waals surface area contributed by atoms with Crippen molar-refractivity contribution < 1.29 is 4.79 Å². The third kappa shape index (κ3) is 4.60. The number of carbonyl (C=O) groups is 1. The highest BCUT2D eigenvalue weighted by Crippen LogP contribution is 1.89. The van der Waals surface area contributed by atoms with Gasteiger partial charge in [0.05, 0.1) is 6.54 Å². The van der Waals surface area contributed by atoms with Crippen molar-refractivity contribution >= 4 is 5.91 Å². The van der Waals surface area contributed by atoms with Crippen molar-refractivity contribution in [2.24, 2.45) is 5.92 Å². The summed E-state index contributed by atoms with van der Waals surface area (Å²) in [4.78, 5) is 18.2. The molecule has 1 heterocycles. The third-order valence-corrected chi connectivity index (χ3v) is 1.97. The van der Waals surface area contributed by atoms with E-state index in [-0.39, 0.29) is 11.8 Å². The van der Waals surface area contributed by atoms with E-state index in [2.05, 4.69) is 20.6 Å². The number of aromatic nitrogens is 2. The normalized spacial score (nSPS) is 10.6. The van der Waals surface area contributed by atoms with Gasteiger partial charge in [0.25, 0.3) is 0 Å². The van der Waals surface area contributed by atoms with Crippen LogP contribution in [0.25, 0.3) is 0 Å². The first-order valence-electron chi connectivity index (χ1n) is 5.17. The largest absolute Gasteiger partial charge is 0.355 e. The van der Waals surface area contributed by atoms with Crippen LogP contribution in [0.3, 0.4) is 0 Å². The molecule has 1 aromatic heterocycles. The van der Waals surface area contributed by atoms with Gasteiger partial charge in [0, 0.05) is 31.4 Å². The lowest BCUT2D eigenvalue weighted by Crippen LogP contribution is -2.34. The highest BCUT2D eigenvalue weighted by Gasteiger charge is 2.04. The number of carbonyl (C=O) groups excluding carboxylic acids is 1. The lowest BCUT2D eigenvalue weighted by molar-refractivity contribution is -0.123. The average molecular weight is 210 g/mol. The molecule has 0 aliphatic rings. The first kappa shape index (κ1) is 11.7. The number of nitrogens with one attached hydrogen (secondary N) is 3. The molecule has 0 fully saturated rings. The summed E-state index contributed by atoms with van der Waals surface area (Å²) in [7, 11) is 0. The van der Waals surface area contributed by atoms with E-state index >= 15 is 0 Å². The van der Waals surface area contributed by atoms with Crippen LogP contribution in [0.15, 0.2) is 12.4 Å². The van der Waals surface area contributed by atoms with Crippen LogP contribution >= 0.6 is 0 Å². The first-order valence-corrected chi connectivity index (χ1v) is 5.17. The Morgan fingerprint density at radius 2 is 2.33 bits per heavy atom. The number of H-pyrrole nitrogens is 1. The summed E-state index contributed by atoms with van der Waals surface area (Å²) < 4.78 is 0. The molecule has 0 aromatic carbocycles. The third-order valence-electron chi connectivity index (χ3n) is 1.97. The standard InChI is InChI=1S/C10H18N4O/c1-8(2)10(15)14-4-3-11-7-9-12-5-6-13-9/h5-6,8,11H,3-4,7H2,1-2H3,(H,12,13)(H,14,15). The molecule has 1 rings (SSSR count). The van der Waals surface area contributed by atoms with Crippen molar-refractivity contribution in [3.05, 3.63) is 18.2 Å². The van der Waals surface area contributed by atoms with Crippen LogP contribution in [-0.4, -0.2) is 29.0 Å². The van der Waals surface area contributed by atoms with Crippen LogP contribution in [0, 0.1) is 5.92 Å². The Kier molecular flexibility index (Phi) is 4.83. The highest BCUT2D eigenvalue weighted by molar-refractivity contribution is 5.77. The van der Waals surface area contributed by atoms with Gasteiger partial charge in [-0.15, -0.1) is 0 Å². The lowest BCUT2D eigenvalue weighted by Gasteiger charge is -2.07. The van der Waals surface area contributed by atoms with E-state index in [1.165, 1.54) is 0 Å². The van der Waals surface area contributed by atoms with Crippen LogP contribution in [0.4, 0.5) is 0 Å². The number of imidazole rings is 1. The maximum absolute atomic E-state index is 11.2. The Bertz CT molecular complexity index is 282. The van der Waals surface area contributed by atoms with Crippen molar-refractivity contribution in [1.29, 1.82) is 0 Å². The monoisotopic (exact) mass is 210 g/mol. The van der Waals surface area contributed by atoms with Crippen molar-refractivity contribution in [2.45, 2.75) is 20.4 Å². The summed E-state index contributed by atoms with van der Waals surface area (Å²) in [6.45, 7) is 5.86. The summed E-state index contributed by atoms with van der Waals surface area (Å²) in [6, 6.07) is 0. The van der Waals surface area contributed by atoms with Gasteiger partial charge in [0.1, 0.15) is 5.82 Å². The predicted octanol–water partition coefficient (Wildman–Crippen LogP) is 0.272. The summed E-state index contributed by atoms with van der Waals surface area (Å²) in [5, 5.41) is 6.00. The summed E-state index contributed by atoms with van der Waals surface area (Å²) in [5.41, 5.74) is 0. The van der Waals surface area contributed by atoms with Gasteiger partial charge in [-0.05, 0) is 0 Å². The van der Waals surface area contributed by atoms with Gasteiger partial charge in [0.15, 0.2) is 0 Å². The number of rotatable bonds is 6. The minimum absolute atomic E-state index is 0.0510. The molecule has 0 aliphatic heterocycles. The smallest absolute Gasteiger partial charge is 0.222 e. The second kappa shape index (κ2) is 6.19. The molecule has 1 amide bonds. The quantitative estimate of drug-likeness (QED) is 0.590. The highest BCUT2D eigenvalue weighted by atomic mass is 16.1. The van der Waals surface area contributed by atoms with E-state index in [1.807, 2.05) is 13.8 Å². The zero-order valence-corrected chi connectivity index (χ0v) is 9.21. The maximum Gasteiger partial charge on any atom is 0.222 e. The molecule has 15 heavy (non-hydrogen) atoms. The Morgan fingerprint density at radius 3 is 2.93 bits per heavy atom. The fraction of sp³-hybridized carbons (Fsp3) is 0.600. The predicted molar refractivity (Wildman–Crippen MR) is 58.1 cm³/mol. The van der Waals surface area contributed by atoms with Gasteiger partial charge in [-0.25, -0.2) is 4.98 Å². The van der Waals surface area contributed by atoms with Gasteiger partial charge in [0.2, 0.25) is 5.91 Å². The van der Waals surface area contributed by atoms with Gasteiger partial charge < -0.3 is 15.6 Å². The fourth-order valence-electron chi connectivity index (χ4n) is 1.08. The molecule has 84 valence electrons. The van der Waals surface area contributed by atoms with Gasteiger partial charge in [-0.3, -0.25) is 4.79 Å². The molecule has 5 nitrogen and oxygen atoms in total. The lowest BCUT2D eigenvalue weighted by atomic mass is 10.2. The van der Waals surface area contributed by atoms with Crippen molar-refractivity contribution in [1.82, 2.24) is 20.6 Å². The average Bonchev–Trinajstić information content (AvgIpc) is 2.69. The fourth-order valence-corrected chi connectivity index (χ4v) is 1.08. The second-order valence-corrected chi connectivity index (χ2v) is 3.66. The molecule has 1 aromatic rings. The minimum Gasteiger partial charge on any atom is -0.355 e. The van der Waals surface area contributed by atoms with Crippen LogP contribution in [0.2, 0.25) is 0 Å². The van der Waals surface area contributed by atoms with Crippen molar-refractivity contribution in [2.75, 3.05) is 13.1 Å². The summed E-state index contributed by atoms with van der Waals surface area (Å²) in [6.07, 6.45) is 3.51. The molecule has 0 saturated heterocycles. The number of hydrogen-bond acceptors (Lipinski definition) is 3. The number of aromatic amines is 1. The molecule has 0 unspecified atom stereocenters.